The van der Waals surface area contributed by atoms with Gasteiger partial charge in [-0.3, -0.25) is 24.4 Å². The Kier molecular flexibility index (Phi) is 13.3. The maximum Gasteiger partial charge on any atom is 0.306 e. The summed E-state index contributed by atoms with van der Waals surface area (Å²) in [6, 6.07) is 15.2. The van der Waals surface area contributed by atoms with Crippen LogP contribution in [-0.2, 0) is 32.1 Å². The number of methoxy groups -OCH3 is 2. The Morgan fingerprint density at radius 1 is 0.733 bits per heavy atom. The molecule has 0 saturated carbocycles. The zero-order valence-corrected chi connectivity index (χ0v) is 34.7. The molecule has 0 bridgehead atoms. The van der Waals surface area contributed by atoms with E-state index in [9.17, 15) is 14.4 Å². The first-order chi connectivity index (χ1) is 29.0. The van der Waals surface area contributed by atoms with E-state index in [2.05, 4.69) is 24.8 Å². The summed E-state index contributed by atoms with van der Waals surface area (Å²) in [5.74, 6) is 1.55. The third-order valence-corrected chi connectivity index (χ3v) is 10.5. The maximum absolute atomic E-state index is 12.8. The molecule has 0 unspecified atom stereocenters. The molecule has 2 aromatic carbocycles. The molecule has 15 nitrogen and oxygen atoms in total. The van der Waals surface area contributed by atoms with Gasteiger partial charge in [0.2, 0.25) is 0 Å². The van der Waals surface area contributed by atoms with Crippen LogP contribution in [0.4, 0.5) is 0 Å². The summed E-state index contributed by atoms with van der Waals surface area (Å²) < 4.78 is 30.8. The molecule has 0 radical (unpaired) electrons. The van der Waals surface area contributed by atoms with Gasteiger partial charge in [-0.05, 0) is 100 Å². The Morgan fingerprint density at radius 3 is 1.73 bits per heavy atom. The van der Waals surface area contributed by atoms with Gasteiger partial charge in [-0.15, -0.1) is 0 Å². The van der Waals surface area contributed by atoms with Gasteiger partial charge in [-0.25, -0.2) is 9.97 Å². The average molecular weight is 818 g/mol. The summed E-state index contributed by atoms with van der Waals surface area (Å²) in [5, 5.41) is 0. The first-order valence-electron chi connectivity index (χ1n) is 20.1. The van der Waals surface area contributed by atoms with Crippen molar-refractivity contribution in [1.82, 2.24) is 34.0 Å². The zero-order valence-electron chi connectivity index (χ0n) is 34.7. The monoisotopic (exact) mass is 817 g/mol. The molecule has 0 N–H and O–H groups in total. The van der Waals surface area contributed by atoms with Gasteiger partial charge in [0.1, 0.15) is 17.1 Å². The van der Waals surface area contributed by atoms with Gasteiger partial charge < -0.3 is 37.7 Å². The van der Waals surface area contributed by atoms with Gasteiger partial charge in [0.25, 0.3) is 11.1 Å². The first-order valence-corrected chi connectivity index (χ1v) is 20.1. The van der Waals surface area contributed by atoms with Crippen LogP contribution < -0.4 is 20.6 Å². The predicted molar refractivity (Wildman–Crippen MR) is 227 cm³/mol. The molecule has 314 valence electrons. The molecule has 0 atom stereocenters. The minimum absolute atomic E-state index is 0.121. The molecule has 6 aromatic rings. The van der Waals surface area contributed by atoms with Crippen LogP contribution >= 0.6 is 0 Å². The van der Waals surface area contributed by atoms with Crippen LogP contribution in [0.25, 0.3) is 44.3 Å². The number of esters is 1. The number of carbonyl (C=O) groups excluding carboxylic acids is 1. The van der Waals surface area contributed by atoms with Crippen molar-refractivity contribution in [3.8, 4) is 33.8 Å². The minimum atomic E-state index is -0.446. The Morgan fingerprint density at radius 2 is 1.23 bits per heavy atom. The third-order valence-electron chi connectivity index (χ3n) is 10.5. The second-order valence-electron chi connectivity index (χ2n) is 15.8. The van der Waals surface area contributed by atoms with E-state index in [4.69, 9.17) is 23.7 Å². The minimum Gasteiger partial charge on any atom is -0.497 e. The fourth-order valence-electron chi connectivity index (χ4n) is 7.58. The molecule has 15 heteroatoms. The molecular formula is C45H51N7O8. The lowest BCUT2D eigenvalue weighted by atomic mass is 9.93. The van der Waals surface area contributed by atoms with Gasteiger partial charge in [0.05, 0.1) is 68.4 Å². The summed E-state index contributed by atoms with van der Waals surface area (Å²) >= 11 is 0. The van der Waals surface area contributed by atoms with Crippen molar-refractivity contribution in [2.75, 3.05) is 47.1 Å². The molecule has 2 fully saturated rings. The molecule has 2 aliphatic rings. The van der Waals surface area contributed by atoms with E-state index in [1.807, 2.05) is 69.3 Å². The Hall–Kier alpha value is -6.03. The number of hydrogen-bond donors (Lipinski definition) is 0. The fraction of sp³-hybridized carbons (Fsp3) is 0.400. The lowest BCUT2D eigenvalue weighted by molar-refractivity contribution is -0.156. The van der Waals surface area contributed by atoms with E-state index in [0.29, 0.717) is 61.2 Å². The number of carbonyl (C=O) groups is 1. The largest absolute Gasteiger partial charge is 0.497 e. The van der Waals surface area contributed by atoms with E-state index < -0.39 is 11.9 Å². The molecule has 8 rings (SSSR count). The lowest BCUT2D eigenvalue weighted by Crippen LogP contribution is -2.38. The normalized spacial score (nSPS) is 15.2. The van der Waals surface area contributed by atoms with E-state index in [1.54, 1.807) is 48.1 Å². The van der Waals surface area contributed by atoms with Gasteiger partial charge in [0.15, 0.2) is 6.29 Å². The summed E-state index contributed by atoms with van der Waals surface area (Å²) in [7, 11) is 3.22. The quantitative estimate of drug-likeness (QED) is 0.146. The van der Waals surface area contributed by atoms with Crippen molar-refractivity contribution in [3.05, 3.63) is 106 Å². The van der Waals surface area contributed by atoms with Crippen LogP contribution in [0.2, 0.25) is 0 Å². The van der Waals surface area contributed by atoms with Crippen molar-refractivity contribution < 1.29 is 28.5 Å². The number of ether oxygens (including phenoxy) is 5. The summed E-state index contributed by atoms with van der Waals surface area (Å²) in [6.45, 7) is 10.2. The van der Waals surface area contributed by atoms with Crippen LogP contribution in [0.5, 0.6) is 11.5 Å². The highest BCUT2D eigenvalue weighted by Gasteiger charge is 2.25. The van der Waals surface area contributed by atoms with E-state index in [-0.39, 0.29) is 17.1 Å². The highest BCUT2D eigenvalue weighted by Crippen LogP contribution is 2.33. The molecule has 2 aliphatic heterocycles. The Balaban J connectivity index is 0.000000191. The molecular weight excluding hydrogens is 767 g/mol. The lowest BCUT2D eigenvalue weighted by Gasteiger charge is -2.32. The molecule has 6 heterocycles. The number of benzene rings is 2. The smallest absolute Gasteiger partial charge is 0.306 e. The molecule has 0 aliphatic carbocycles. The van der Waals surface area contributed by atoms with Crippen LogP contribution in [-0.4, -0.2) is 98.9 Å². The maximum atomic E-state index is 12.8. The first kappa shape index (κ1) is 42.1. The van der Waals surface area contributed by atoms with Crippen molar-refractivity contribution in [2.45, 2.75) is 65.0 Å². The number of hydrogen-bond acceptors (Lipinski definition) is 13. The van der Waals surface area contributed by atoms with E-state index in [0.717, 1.165) is 65.8 Å². The third kappa shape index (κ3) is 10.2. The standard InChI is InChI=1S/C27H34N4O4.C18H17N3O4/c1-27(2,3)35-25(33)15-19-7-11-30(12-8-19)13-14-31-23-17-21(34-4)16-22(20-5-9-28-10-6-20)26(23)29-18-24(31)32;1-23-13-8-14(12-2-4-19-5-3-12)18-15(9-13)21(16(22)10-20-18)11-17-24-6-7-25-17/h5-6,9-10,16-19H,7-8,11-15H2,1-4H3;2-5,8-10,17H,6-7,11H2,1H3. The van der Waals surface area contributed by atoms with E-state index >= 15 is 0 Å². The number of likely N-dealkylation sites (tertiary alicyclic amines) is 1. The van der Waals surface area contributed by atoms with Crippen LogP contribution in [0.1, 0.15) is 40.0 Å². The van der Waals surface area contributed by atoms with Crippen LogP contribution in [0.15, 0.2) is 95.3 Å². The van der Waals surface area contributed by atoms with Crippen LogP contribution in [0.3, 0.4) is 0 Å². The number of piperidine rings is 1. The highest BCUT2D eigenvalue weighted by molar-refractivity contribution is 5.94. The molecule has 60 heavy (non-hydrogen) atoms. The van der Waals surface area contributed by atoms with Gasteiger partial charge in [0, 0.05) is 67.6 Å². The summed E-state index contributed by atoms with van der Waals surface area (Å²) in [4.78, 5) is 56.8. The molecule has 0 amide bonds. The Labute approximate surface area is 347 Å². The highest BCUT2D eigenvalue weighted by atomic mass is 16.7. The van der Waals surface area contributed by atoms with Crippen LogP contribution in [0, 0.1) is 5.92 Å². The van der Waals surface area contributed by atoms with Crippen molar-refractivity contribution in [2.24, 2.45) is 5.92 Å². The molecule has 2 saturated heterocycles. The topological polar surface area (TPSA) is 162 Å². The number of fused-ring (bicyclic) bond motifs is 2. The summed E-state index contributed by atoms with van der Waals surface area (Å²) in [5.41, 5.74) is 5.80. The second-order valence-corrected chi connectivity index (χ2v) is 15.8. The predicted octanol–water partition coefficient (Wildman–Crippen LogP) is 5.75. The molecule has 4 aromatic heterocycles. The van der Waals surface area contributed by atoms with Gasteiger partial charge in [-0.1, -0.05) is 0 Å². The number of nitrogens with zero attached hydrogens (tertiary/aromatic N) is 7. The second kappa shape index (κ2) is 18.9. The van der Waals surface area contributed by atoms with Crippen molar-refractivity contribution >= 4 is 28.0 Å². The Bertz CT molecular complexity index is 2530. The average Bonchev–Trinajstić information content (AvgIpc) is 3.77. The zero-order chi connectivity index (χ0) is 42.2. The van der Waals surface area contributed by atoms with Crippen molar-refractivity contribution in [1.29, 1.82) is 0 Å². The molecule has 0 spiro atoms. The number of pyridine rings is 2. The number of aromatic nitrogens is 6. The fourth-order valence-corrected chi connectivity index (χ4v) is 7.58. The van der Waals surface area contributed by atoms with Crippen molar-refractivity contribution in [3.63, 3.8) is 0 Å². The van der Waals surface area contributed by atoms with E-state index in [1.165, 1.54) is 12.4 Å². The van der Waals surface area contributed by atoms with Gasteiger partial charge >= 0.3 is 5.97 Å². The SMILES string of the molecule is COc1cc(-c2ccncc2)c2ncc(=O)n(CC3OCCO3)c2c1.COc1cc(-c2ccncc2)c2ncc(=O)n(CCN3CCC(CC(=O)OC(C)(C)C)CC3)c2c1. The van der Waals surface area contributed by atoms with Gasteiger partial charge in [-0.2, -0.15) is 0 Å². The summed E-state index contributed by atoms with van der Waals surface area (Å²) in [6.07, 6.45) is 11.6. The number of rotatable bonds is 11.